The number of carboxylic acid groups (broad SMARTS) is 1. The fourth-order valence-corrected chi connectivity index (χ4v) is 3.46. The van der Waals surface area contributed by atoms with Gasteiger partial charge in [-0.25, -0.2) is 5.43 Å². The average molecular weight is 310 g/mol. The second kappa shape index (κ2) is 6.32. The Morgan fingerprint density at radius 1 is 1.33 bits per heavy atom. The van der Waals surface area contributed by atoms with Crippen molar-refractivity contribution in [1.82, 2.24) is 15.8 Å². The predicted octanol–water partition coefficient (Wildman–Crippen LogP) is 1.65. The van der Waals surface area contributed by atoms with E-state index in [0.717, 1.165) is 24.5 Å². The molecule has 2 heterocycles. The van der Waals surface area contributed by atoms with Crippen LogP contribution < -0.4 is 10.9 Å². The molecule has 3 unspecified atom stereocenters. The molecule has 0 aromatic heterocycles. The van der Waals surface area contributed by atoms with Gasteiger partial charge in [0.05, 0.1) is 12.5 Å². The highest BCUT2D eigenvalue weighted by molar-refractivity contribution is 6.30. The number of benzene rings is 1. The second-order valence-electron chi connectivity index (χ2n) is 5.82. The van der Waals surface area contributed by atoms with Crippen LogP contribution in [-0.4, -0.2) is 41.7 Å². The lowest BCUT2D eigenvalue weighted by Crippen LogP contribution is -2.46. The van der Waals surface area contributed by atoms with Crippen molar-refractivity contribution in [3.8, 4) is 0 Å². The van der Waals surface area contributed by atoms with Gasteiger partial charge >= 0.3 is 5.97 Å². The molecule has 0 radical (unpaired) electrons. The summed E-state index contributed by atoms with van der Waals surface area (Å²) in [5.74, 6) is -0.275. The average Bonchev–Trinajstić information content (AvgIpc) is 2.89. The minimum absolute atomic E-state index is 0.212. The maximum atomic E-state index is 10.7. The maximum absolute atomic E-state index is 10.7. The zero-order valence-corrected chi connectivity index (χ0v) is 12.5. The van der Waals surface area contributed by atoms with Crippen LogP contribution in [0.5, 0.6) is 0 Å². The molecule has 0 spiro atoms. The van der Waals surface area contributed by atoms with Gasteiger partial charge in [-0.3, -0.25) is 10.2 Å². The molecule has 3 atom stereocenters. The van der Waals surface area contributed by atoms with Gasteiger partial charge in [0.1, 0.15) is 0 Å². The highest BCUT2D eigenvalue weighted by Crippen LogP contribution is 2.34. The van der Waals surface area contributed by atoms with E-state index in [4.69, 9.17) is 16.7 Å². The van der Waals surface area contributed by atoms with Crippen LogP contribution in [0.2, 0.25) is 5.02 Å². The van der Waals surface area contributed by atoms with Crippen LogP contribution in [0.3, 0.4) is 0 Å². The first-order valence-corrected chi connectivity index (χ1v) is 7.72. The number of rotatable bonds is 4. The monoisotopic (exact) mass is 309 g/mol. The molecule has 3 rings (SSSR count). The number of likely N-dealkylation sites (tertiary alicyclic amines) is 1. The molecule has 1 aromatic rings. The topological polar surface area (TPSA) is 64.6 Å². The Kier molecular flexibility index (Phi) is 4.45. The fourth-order valence-electron chi connectivity index (χ4n) is 3.33. The Morgan fingerprint density at radius 3 is 2.81 bits per heavy atom. The number of nitrogens with one attached hydrogen (secondary N) is 2. The maximum Gasteiger partial charge on any atom is 0.304 e. The van der Waals surface area contributed by atoms with Crippen molar-refractivity contribution in [2.75, 3.05) is 19.6 Å². The van der Waals surface area contributed by atoms with Crippen LogP contribution >= 0.6 is 11.6 Å². The molecule has 0 amide bonds. The fraction of sp³-hybridized carbons (Fsp3) is 0.533. The summed E-state index contributed by atoms with van der Waals surface area (Å²) < 4.78 is 0. The van der Waals surface area contributed by atoms with E-state index in [1.807, 2.05) is 12.1 Å². The molecule has 21 heavy (non-hydrogen) atoms. The normalized spacial score (nSPS) is 29.3. The first-order chi connectivity index (χ1) is 10.1. The summed E-state index contributed by atoms with van der Waals surface area (Å²) in [5.41, 5.74) is 7.99. The number of piperidine rings is 1. The van der Waals surface area contributed by atoms with Crippen molar-refractivity contribution in [3.05, 3.63) is 34.9 Å². The van der Waals surface area contributed by atoms with E-state index in [9.17, 15) is 4.79 Å². The number of nitrogens with zero attached hydrogens (tertiary/aromatic N) is 1. The molecule has 2 aliphatic rings. The van der Waals surface area contributed by atoms with Crippen molar-refractivity contribution in [3.63, 3.8) is 0 Å². The summed E-state index contributed by atoms with van der Waals surface area (Å²) in [7, 11) is 0. The van der Waals surface area contributed by atoms with Gasteiger partial charge < -0.3 is 10.0 Å². The molecule has 114 valence electrons. The molecule has 0 aliphatic carbocycles. The molecule has 0 saturated carbocycles. The number of aliphatic carboxylic acids is 1. The second-order valence-corrected chi connectivity index (χ2v) is 6.26. The SMILES string of the molecule is O=C(O)CCN1CCC2NNC(c3ccc(Cl)cc3)C2C1. The molecular weight excluding hydrogens is 290 g/mol. The van der Waals surface area contributed by atoms with E-state index < -0.39 is 5.97 Å². The van der Waals surface area contributed by atoms with Crippen molar-refractivity contribution in [2.24, 2.45) is 5.92 Å². The zero-order valence-electron chi connectivity index (χ0n) is 11.8. The van der Waals surface area contributed by atoms with Gasteiger partial charge in [0.25, 0.3) is 0 Å². The Labute approximate surface area is 129 Å². The molecular formula is C15H20ClN3O2. The number of halogens is 1. The largest absolute Gasteiger partial charge is 0.481 e. The molecule has 5 nitrogen and oxygen atoms in total. The van der Waals surface area contributed by atoms with E-state index in [1.165, 1.54) is 5.56 Å². The lowest BCUT2D eigenvalue weighted by Gasteiger charge is -2.36. The van der Waals surface area contributed by atoms with Gasteiger partial charge in [-0.2, -0.15) is 0 Å². The van der Waals surface area contributed by atoms with Crippen LogP contribution in [0.1, 0.15) is 24.4 Å². The molecule has 0 bridgehead atoms. The zero-order chi connectivity index (χ0) is 14.8. The van der Waals surface area contributed by atoms with Gasteiger partial charge in [-0.05, 0) is 30.7 Å². The van der Waals surface area contributed by atoms with Crippen LogP contribution in [0.15, 0.2) is 24.3 Å². The summed E-state index contributed by atoms with van der Waals surface area (Å²) in [6.45, 7) is 2.51. The third-order valence-corrected chi connectivity index (χ3v) is 4.72. The third-order valence-electron chi connectivity index (χ3n) is 4.47. The van der Waals surface area contributed by atoms with Gasteiger partial charge in [-0.1, -0.05) is 23.7 Å². The van der Waals surface area contributed by atoms with Crippen LogP contribution in [-0.2, 0) is 4.79 Å². The minimum atomic E-state index is -0.728. The van der Waals surface area contributed by atoms with Gasteiger partial charge in [-0.15, -0.1) is 0 Å². The molecule has 2 saturated heterocycles. The van der Waals surface area contributed by atoms with Crippen molar-refractivity contribution in [2.45, 2.75) is 24.9 Å². The van der Waals surface area contributed by atoms with Gasteiger partial charge in [0.2, 0.25) is 0 Å². The van der Waals surface area contributed by atoms with E-state index in [2.05, 4.69) is 27.9 Å². The van der Waals surface area contributed by atoms with Crippen LogP contribution in [0, 0.1) is 5.92 Å². The van der Waals surface area contributed by atoms with Gasteiger partial charge in [0, 0.05) is 30.1 Å². The van der Waals surface area contributed by atoms with E-state index >= 15 is 0 Å². The van der Waals surface area contributed by atoms with E-state index in [1.54, 1.807) is 0 Å². The van der Waals surface area contributed by atoms with Crippen LogP contribution in [0.4, 0.5) is 0 Å². The number of hydrogen-bond donors (Lipinski definition) is 3. The summed E-state index contributed by atoms with van der Waals surface area (Å²) >= 11 is 5.95. The Morgan fingerprint density at radius 2 is 2.10 bits per heavy atom. The Hall–Kier alpha value is -1.14. The summed E-state index contributed by atoms with van der Waals surface area (Å²) in [6, 6.07) is 8.64. The first-order valence-electron chi connectivity index (χ1n) is 7.34. The van der Waals surface area contributed by atoms with E-state index in [-0.39, 0.29) is 12.5 Å². The first kappa shape index (κ1) is 14.8. The number of carbonyl (C=O) groups is 1. The third kappa shape index (κ3) is 3.37. The number of hydrazine groups is 1. The molecule has 6 heteroatoms. The smallest absolute Gasteiger partial charge is 0.304 e. The number of fused-ring (bicyclic) bond motifs is 1. The standard InChI is InChI=1S/C15H20ClN3O2/c16-11-3-1-10(2-4-11)15-12-9-19(8-6-14(20)21)7-5-13(12)17-18-15/h1-4,12-13,15,17-18H,5-9H2,(H,20,21). The molecule has 2 aliphatic heterocycles. The lowest BCUT2D eigenvalue weighted by atomic mass is 9.85. The number of hydrogen-bond acceptors (Lipinski definition) is 4. The quantitative estimate of drug-likeness (QED) is 0.789. The van der Waals surface area contributed by atoms with Crippen molar-refractivity contribution >= 4 is 17.6 Å². The lowest BCUT2D eigenvalue weighted by molar-refractivity contribution is -0.137. The Balaban J connectivity index is 1.67. The highest BCUT2D eigenvalue weighted by atomic mass is 35.5. The minimum Gasteiger partial charge on any atom is -0.481 e. The summed E-state index contributed by atoms with van der Waals surface area (Å²) in [6.07, 6.45) is 1.26. The predicted molar refractivity (Wildman–Crippen MR) is 81.1 cm³/mol. The molecule has 2 fully saturated rings. The Bertz CT molecular complexity index is 508. The van der Waals surface area contributed by atoms with Crippen LogP contribution in [0.25, 0.3) is 0 Å². The van der Waals surface area contributed by atoms with Gasteiger partial charge in [0.15, 0.2) is 0 Å². The van der Waals surface area contributed by atoms with Crippen molar-refractivity contribution in [1.29, 1.82) is 0 Å². The summed E-state index contributed by atoms with van der Waals surface area (Å²) in [5, 5.41) is 9.57. The molecule has 3 N–H and O–H groups in total. The number of carboxylic acids is 1. The highest BCUT2D eigenvalue weighted by Gasteiger charge is 2.40. The summed E-state index contributed by atoms with van der Waals surface area (Å²) in [4.78, 5) is 13.0. The van der Waals surface area contributed by atoms with E-state index in [0.29, 0.717) is 18.5 Å². The molecule has 1 aromatic carbocycles. The van der Waals surface area contributed by atoms with Crippen molar-refractivity contribution < 1.29 is 9.90 Å².